The first-order valence-corrected chi connectivity index (χ1v) is 4.58. The molecule has 0 aliphatic rings. The first kappa shape index (κ1) is 10.1. The number of benzene rings is 1. The van der Waals surface area contributed by atoms with Gasteiger partial charge in [0.05, 0.1) is 13.2 Å². The van der Waals surface area contributed by atoms with Gasteiger partial charge in [0.1, 0.15) is 5.75 Å². The summed E-state index contributed by atoms with van der Waals surface area (Å²) in [6.07, 6.45) is 1.03. The zero-order chi connectivity index (χ0) is 9.52. The van der Waals surface area contributed by atoms with Crippen molar-refractivity contribution in [1.29, 1.82) is 0 Å². The monoisotopic (exact) mass is 180 g/mol. The molecule has 0 atom stereocenters. The van der Waals surface area contributed by atoms with E-state index in [1.807, 2.05) is 24.3 Å². The summed E-state index contributed by atoms with van der Waals surface area (Å²) >= 11 is 0. The number of hydrogen-bond acceptors (Lipinski definition) is 2. The molecular weight excluding hydrogens is 164 g/mol. The van der Waals surface area contributed by atoms with Crippen molar-refractivity contribution >= 4 is 0 Å². The SMILES string of the molecule is CCCOc1ccccc1COC. The topological polar surface area (TPSA) is 18.5 Å². The molecule has 0 saturated carbocycles. The molecule has 0 amide bonds. The van der Waals surface area contributed by atoms with Gasteiger partial charge in [-0.3, -0.25) is 0 Å². The molecule has 0 aromatic heterocycles. The van der Waals surface area contributed by atoms with Crippen molar-refractivity contribution in [2.45, 2.75) is 20.0 Å². The molecule has 0 saturated heterocycles. The molecule has 2 heteroatoms. The molecule has 0 radical (unpaired) electrons. The fraction of sp³-hybridized carbons (Fsp3) is 0.455. The van der Waals surface area contributed by atoms with Crippen LogP contribution in [0, 0.1) is 0 Å². The van der Waals surface area contributed by atoms with E-state index in [2.05, 4.69) is 6.92 Å². The highest BCUT2D eigenvalue weighted by molar-refractivity contribution is 5.32. The Morgan fingerprint density at radius 2 is 2.00 bits per heavy atom. The minimum Gasteiger partial charge on any atom is -0.493 e. The third-order valence-corrected chi connectivity index (χ3v) is 1.73. The lowest BCUT2D eigenvalue weighted by Crippen LogP contribution is -1.99. The van der Waals surface area contributed by atoms with Gasteiger partial charge in [0.25, 0.3) is 0 Å². The van der Waals surface area contributed by atoms with Gasteiger partial charge in [-0.25, -0.2) is 0 Å². The van der Waals surface area contributed by atoms with E-state index in [0.717, 1.165) is 24.3 Å². The molecule has 1 aromatic rings. The minimum absolute atomic E-state index is 0.611. The molecule has 0 aliphatic carbocycles. The molecular formula is C11H16O2. The quantitative estimate of drug-likeness (QED) is 0.693. The normalized spacial score (nSPS) is 10.0. The fourth-order valence-electron chi connectivity index (χ4n) is 1.13. The van der Waals surface area contributed by atoms with Crippen molar-refractivity contribution in [2.24, 2.45) is 0 Å². The highest BCUT2D eigenvalue weighted by Gasteiger charge is 2.00. The van der Waals surface area contributed by atoms with Crippen LogP contribution in [0.2, 0.25) is 0 Å². The summed E-state index contributed by atoms with van der Waals surface area (Å²) < 4.78 is 10.6. The molecule has 0 heterocycles. The highest BCUT2D eigenvalue weighted by atomic mass is 16.5. The van der Waals surface area contributed by atoms with E-state index in [9.17, 15) is 0 Å². The van der Waals surface area contributed by atoms with Gasteiger partial charge in [0.15, 0.2) is 0 Å². The smallest absolute Gasteiger partial charge is 0.124 e. The summed E-state index contributed by atoms with van der Waals surface area (Å²) in [6.45, 7) is 3.47. The molecule has 0 aliphatic heterocycles. The Balaban J connectivity index is 2.66. The average Bonchev–Trinajstić information content (AvgIpc) is 2.17. The molecule has 1 rings (SSSR count). The van der Waals surface area contributed by atoms with Gasteiger partial charge in [-0.1, -0.05) is 25.1 Å². The Morgan fingerprint density at radius 3 is 2.69 bits per heavy atom. The standard InChI is InChI=1S/C11H16O2/c1-3-8-13-11-7-5-4-6-10(11)9-12-2/h4-7H,3,8-9H2,1-2H3. The van der Waals surface area contributed by atoms with E-state index >= 15 is 0 Å². The lowest BCUT2D eigenvalue weighted by molar-refractivity contribution is 0.179. The second kappa shape index (κ2) is 5.60. The number of hydrogen-bond donors (Lipinski definition) is 0. The molecule has 0 unspecified atom stereocenters. The maximum atomic E-state index is 5.56. The maximum Gasteiger partial charge on any atom is 0.124 e. The Labute approximate surface area is 79.5 Å². The van der Waals surface area contributed by atoms with Crippen LogP contribution < -0.4 is 4.74 Å². The molecule has 1 aromatic carbocycles. The van der Waals surface area contributed by atoms with Crippen LogP contribution in [0.1, 0.15) is 18.9 Å². The summed E-state index contributed by atoms with van der Waals surface area (Å²) in [7, 11) is 1.69. The Kier molecular flexibility index (Phi) is 4.33. The summed E-state index contributed by atoms with van der Waals surface area (Å²) in [5.41, 5.74) is 1.11. The molecule has 0 bridgehead atoms. The predicted octanol–water partition coefficient (Wildman–Crippen LogP) is 2.62. The van der Waals surface area contributed by atoms with E-state index in [1.54, 1.807) is 7.11 Å². The van der Waals surface area contributed by atoms with E-state index in [-0.39, 0.29) is 0 Å². The first-order chi connectivity index (χ1) is 6.38. The van der Waals surface area contributed by atoms with Crippen molar-refractivity contribution in [1.82, 2.24) is 0 Å². The maximum absolute atomic E-state index is 5.56. The van der Waals surface area contributed by atoms with Crippen LogP contribution in [0.5, 0.6) is 5.75 Å². The van der Waals surface area contributed by atoms with Gasteiger partial charge in [0.2, 0.25) is 0 Å². The average molecular weight is 180 g/mol. The van der Waals surface area contributed by atoms with Crippen LogP contribution in [0.3, 0.4) is 0 Å². The van der Waals surface area contributed by atoms with E-state index in [0.29, 0.717) is 6.61 Å². The lowest BCUT2D eigenvalue weighted by atomic mass is 10.2. The van der Waals surface area contributed by atoms with Crippen molar-refractivity contribution in [2.75, 3.05) is 13.7 Å². The van der Waals surface area contributed by atoms with Gasteiger partial charge < -0.3 is 9.47 Å². The molecule has 0 fully saturated rings. The number of methoxy groups -OCH3 is 1. The van der Waals surface area contributed by atoms with E-state index < -0.39 is 0 Å². The summed E-state index contributed by atoms with van der Waals surface area (Å²) in [4.78, 5) is 0. The van der Waals surface area contributed by atoms with Crippen LogP contribution >= 0.6 is 0 Å². The largest absolute Gasteiger partial charge is 0.493 e. The van der Waals surface area contributed by atoms with Gasteiger partial charge in [0, 0.05) is 12.7 Å². The molecule has 13 heavy (non-hydrogen) atoms. The summed E-state index contributed by atoms with van der Waals surface area (Å²) in [5.74, 6) is 0.936. The Bertz CT molecular complexity index is 246. The number of para-hydroxylation sites is 1. The second-order valence-corrected chi connectivity index (χ2v) is 2.89. The second-order valence-electron chi connectivity index (χ2n) is 2.89. The van der Waals surface area contributed by atoms with Crippen molar-refractivity contribution in [3.63, 3.8) is 0 Å². The van der Waals surface area contributed by atoms with Crippen molar-refractivity contribution in [3.05, 3.63) is 29.8 Å². The summed E-state index contributed by atoms with van der Waals surface area (Å²) in [5, 5.41) is 0. The third-order valence-electron chi connectivity index (χ3n) is 1.73. The number of rotatable bonds is 5. The van der Waals surface area contributed by atoms with Gasteiger partial charge in [-0.2, -0.15) is 0 Å². The first-order valence-electron chi connectivity index (χ1n) is 4.58. The van der Waals surface area contributed by atoms with Crippen LogP contribution in [-0.2, 0) is 11.3 Å². The molecule has 2 nitrogen and oxygen atoms in total. The molecule has 0 spiro atoms. The third kappa shape index (κ3) is 3.07. The lowest BCUT2D eigenvalue weighted by Gasteiger charge is -2.09. The number of ether oxygens (including phenoxy) is 2. The van der Waals surface area contributed by atoms with Crippen LogP contribution in [-0.4, -0.2) is 13.7 Å². The molecule has 0 N–H and O–H groups in total. The van der Waals surface area contributed by atoms with E-state index in [4.69, 9.17) is 9.47 Å². The van der Waals surface area contributed by atoms with Crippen LogP contribution in [0.15, 0.2) is 24.3 Å². The minimum atomic E-state index is 0.611. The zero-order valence-electron chi connectivity index (χ0n) is 8.25. The van der Waals surface area contributed by atoms with Gasteiger partial charge in [-0.15, -0.1) is 0 Å². The Morgan fingerprint density at radius 1 is 1.23 bits per heavy atom. The summed E-state index contributed by atoms with van der Waals surface area (Å²) in [6, 6.07) is 7.97. The predicted molar refractivity (Wildman–Crippen MR) is 52.9 cm³/mol. The van der Waals surface area contributed by atoms with Crippen molar-refractivity contribution in [3.8, 4) is 5.75 Å². The van der Waals surface area contributed by atoms with Gasteiger partial charge in [-0.05, 0) is 12.5 Å². The van der Waals surface area contributed by atoms with Crippen LogP contribution in [0.25, 0.3) is 0 Å². The zero-order valence-corrected chi connectivity index (χ0v) is 8.25. The fourth-order valence-corrected chi connectivity index (χ4v) is 1.13. The van der Waals surface area contributed by atoms with Crippen molar-refractivity contribution < 1.29 is 9.47 Å². The molecule has 72 valence electrons. The Hall–Kier alpha value is -1.02. The van der Waals surface area contributed by atoms with Gasteiger partial charge >= 0.3 is 0 Å². The van der Waals surface area contributed by atoms with E-state index in [1.165, 1.54) is 0 Å². The highest BCUT2D eigenvalue weighted by Crippen LogP contribution is 2.18. The van der Waals surface area contributed by atoms with Crippen LogP contribution in [0.4, 0.5) is 0 Å².